The number of hydrogen-bond donors (Lipinski definition) is 2. The van der Waals surface area contributed by atoms with Crippen LogP contribution in [0.1, 0.15) is 32.5 Å². The van der Waals surface area contributed by atoms with Crippen LogP contribution in [0.25, 0.3) is 0 Å². The first-order chi connectivity index (χ1) is 9.75. The summed E-state index contributed by atoms with van der Waals surface area (Å²) in [6.45, 7) is 0. The van der Waals surface area contributed by atoms with Gasteiger partial charge in [0, 0.05) is 23.5 Å². The summed E-state index contributed by atoms with van der Waals surface area (Å²) in [6, 6.07) is 10.2. The third-order valence-electron chi connectivity index (χ3n) is 2.95. The first-order valence-electron chi connectivity index (χ1n) is 6.01. The van der Waals surface area contributed by atoms with Gasteiger partial charge in [-0.3, -0.25) is 15.2 Å². The van der Waals surface area contributed by atoms with Crippen LogP contribution in [0.3, 0.4) is 0 Å². The summed E-state index contributed by atoms with van der Waals surface area (Å²) in [7, 11) is 0. The Hall–Kier alpha value is -2.73. The molecule has 2 N–H and O–H groups in total. The number of fused-ring (bicyclic) bond motifs is 1. The summed E-state index contributed by atoms with van der Waals surface area (Å²) < 4.78 is 5.14. The Morgan fingerprint density at radius 1 is 1.15 bits per heavy atom. The predicted octanol–water partition coefficient (Wildman–Crippen LogP) is 1.19. The highest BCUT2D eigenvalue weighted by Crippen LogP contribution is 2.27. The monoisotopic (exact) mass is 269 g/mol. The number of pyridine rings is 1. The van der Waals surface area contributed by atoms with Gasteiger partial charge in [-0.1, -0.05) is 18.2 Å². The van der Waals surface area contributed by atoms with Crippen LogP contribution in [0.4, 0.5) is 0 Å². The van der Waals surface area contributed by atoms with Crippen LogP contribution in [-0.4, -0.2) is 16.9 Å². The number of nitrogens with one attached hydrogen (secondary N) is 2. The number of carbonyl (C=O) groups excluding carboxylic acids is 2. The number of amides is 1. The molecule has 1 aliphatic heterocycles. The van der Waals surface area contributed by atoms with Gasteiger partial charge in [0.2, 0.25) is 0 Å². The van der Waals surface area contributed by atoms with Gasteiger partial charge in [0.15, 0.2) is 6.23 Å². The Morgan fingerprint density at radius 3 is 2.70 bits per heavy atom. The average Bonchev–Trinajstić information content (AvgIpc) is 2.83. The summed E-state index contributed by atoms with van der Waals surface area (Å²) in [5.41, 5.74) is 6.88. The number of esters is 1. The summed E-state index contributed by atoms with van der Waals surface area (Å²) in [5, 5.41) is 0. The Bertz CT molecular complexity index is 658. The zero-order valence-electron chi connectivity index (χ0n) is 10.4. The van der Waals surface area contributed by atoms with Crippen molar-refractivity contribution in [1.82, 2.24) is 15.8 Å². The Morgan fingerprint density at radius 2 is 1.90 bits per heavy atom. The van der Waals surface area contributed by atoms with Crippen molar-refractivity contribution in [3.05, 3.63) is 65.5 Å². The smallest absolute Gasteiger partial charge is 0.340 e. The number of ether oxygens (including phenoxy) is 1. The predicted molar refractivity (Wildman–Crippen MR) is 69.4 cm³/mol. The summed E-state index contributed by atoms with van der Waals surface area (Å²) >= 11 is 0. The molecule has 6 nitrogen and oxygen atoms in total. The second kappa shape index (κ2) is 5.10. The van der Waals surface area contributed by atoms with Crippen molar-refractivity contribution in [3.8, 4) is 0 Å². The minimum Gasteiger partial charge on any atom is -0.437 e. The third-order valence-corrected chi connectivity index (χ3v) is 2.95. The number of hydrazine groups is 1. The number of rotatable bonds is 3. The molecule has 2 aromatic rings. The van der Waals surface area contributed by atoms with Crippen molar-refractivity contribution < 1.29 is 14.3 Å². The number of aromatic nitrogens is 1. The molecule has 0 aliphatic carbocycles. The van der Waals surface area contributed by atoms with E-state index in [9.17, 15) is 9.59 Å². The van der Waals surface area contributed by atoms with Crippen molar-refractivity contribution in [1.29, 1.82) is 0 Å². The molecule has 1 amide bonds. The number of nitrogens with zero attached hydrogens (tertiary/aromatic N) is 1. The maximum atomic E-state index is 11.9. The SMILES string of the molecule is O=C(NN[C@H]1OC(=O)c2ccccc21)c1ccncc1. The molecule has 2 heterocycles. The topological polar surface area (TPSA) is 80.3 Å². The molecule has 0 bridgehead atoms. The van der Waals surface area contributed by atoms with Gasteiger partial charge in [0.25, 0.3) is 5.91 Å². The van der Waals surface area contributed by atoms with E-state index in [1.807, 2.05) is 0 Å². The lowest BCUT2D eigenvalue weighted by Gasteiger charge is -2.13. The number of carbonyl (C=O) groups is 2. The van der Waals surface area contributed by atoms with E-state index in [4.69, 9.17) is 4.74 Å². The minimum absolute atomic E-state index is 0.326. The quantitative estimate of drug-likeness (QED) is 0.646. The van der Waals surface area contributed by atoms with Crippen molar-refractivity contribution in [2.75, 3.05) is 0 Å². The molecule has 20 heavy (non-hydrogen) atoms. The van der Waals surface area contributed by atoms with E-state index < -0.39 is 12.2 Å². The molecule has 1 aromatic carbocycles. The average molecular weight is 269 g/mol. The number of benzene rings is 1. The van der Waals surface area contributed by atoms with Gasteiger partial charge in [-0.05, 0) is 18.2 Å². The maximum Gasteiger partial charge on any atom is 0.340 e. The third kappa shape index (κ3) is 2.24. The zero-order chi connectivity index (χ0) is 13.9. The molecular formula is C14H11N3O3. The zero-order valence-corrected chi connectivity index (χ0v) is 10.4. The highest BCUT2D eigenvalue weighted by atomic mass is 16.6. The molecule has 1 atom stereocenters. The van der Waals surface area contributed by atoms with Crippen LogP contribution in [0.2, 0.25) is 0 Å². The van der Waals surface area contributed by atoms with E-state index in [0.29, 0.717) is 16.7 Å². The maximum absolute atomic E-state index is 11.9. The van der Waals surface area contributed by atoms with E-state index in [1.165, 1.54) is 12.4 Å². The lowest BCUT2D eigenvalue weighted by Crippen LogP contribution is -2.40. The molecule has 0 spiro atoms. The molecule has 0 unspecified atom stereocenters. The first kappa shape index (κ1) is 12.3. The molecule has 0 saturated heterocycles. The molecule has 0 fully saturated rings. The fourth-order valence-electron chi connectivity index (χ4n) is 1.96. The van der Waals surface area contributed by atoms with Gasteiger partial charge in [-0.2, -0.15) is 5.43 Å². The van der Waals surface area contributed by atoms with Gasteiger partial charge in [-0.25, -0.2) is 4.79 Å². The molecule has 1 aromatic heterocycles. The lowest BCUT2D eigenvalue weighted by molar-refractivity contribution is 0.0261. The minimum atomic E-state index is -0.676. The Labute approximate surface area is 114 Å². The highest BCUT2D eigenvalue weighted by molar-refractivity contribution is 5.95. The van der Waals surface area contributed by atoms with Crippen molar-refractivity contribution in [3.63, 3.8) is 0 Å². The van der Waals surface area contributed by atoms with Crippen LogP contribution < -0.4 is 10.9 Å². The normalized spacial score (nSPS) is 16.4. The van der Waals surface area contributed by atoms with Crippen LogP contribution in [0.15, 0.2) is 48.8 Å². The van der Waals surface area contributed by atoms with Crippen LogP contribution in [-0.2, 0) is 4.74 Å². The molecular weight excluding hydrogens is 258 g/mol. The molecule has 6 heteroatoms. The summed E-state index contributed by atoms with van der Waals surface area (Å²) in [5.74, 6) is -0.732. The summed E-state index contributed by atoms with van der Waals surface area (Å²) in [6.07, 6.45) is 2.38. The van der Waals surface area contributed by atoms with E-state index in [-0.39, 0.29) is 5.91 Å². The Kier molecular flexibility index (Phi) is 3.14. The van der Waals surface area contributed by atoms with E-state index in [2.05, 4.69) is 15.8 Å². The van der Waals surface area contributed by atoms with Gasteiger partial charge < -0.3 is 4.74 Å². The fraction of sp³-hybridized carbons (Fsp3) is 0.0714. The van der Waals surface area contributed by atoms with Crippen LogP contribution in [0.5, 0.6) is 0 Å². The van der Waals surface area contributed by atoms with Gasteiger partial charge in [0.05, 0.1) is 5.56 Å². The van der Waals surface area contributed by atoms with E-state index in [1.54, 1.807) is 36.4 Å². The van der Waals surface area contributed by atoms with Crippen LogP contribution >= 0.6 is 0 Å². The molecule has 1 aliphatic rings. The van der Waals surface area contributed by atoms with Crippen molar-refractivity contribution in [2.24, 2.45) is 0 Å². The van der Waals surface area contributed by atoms with Gasteiger partial charge >= 0.3 is 5.97 Å². The number of cyclic esters (lactones) is 1. The first-order valence-corrected chi connectivity index (χ1v) is 6.01. The van der Waals surface area contributed by atoms with Crippen LogP contribution in [0, 0.1) is 0 Å². The molecule has 0 radical (unpaired) electrons. The highest BCUT2D eigenvalue weighted by Gasteiger charge is 2.30. The molecule has 0 saturated carbocycles. The second-order valence-corrected chi connectivity index (χ2v) is 4.21. The van der Waals surface area contributed by atoms with E-state index in [0.717, 1.165) is 0 Å². The largest absolute Gasteiger partial charge is 0.437 e. The Balaban J connectivity index is 1.69. The molecule has 100 valence electrons. The van der Waals surface area contributed by atoms with Gasteiger partial charge in [0.1, 0.15) is 0 Å². The lowest BCUT2D eigenvalue weighted by atomic mass is 10.1. The standard InChI is InChI=1S/C14H11N3O3/c18-12(9-5-7-15-8-6-9)16-17-13-10-3-1-2-4-11(10)14(19)20-13/h1-8,13,17H,(H,16,18)/t13-/m0/s1. The van der Waals surface area contributed by atoms with Crippen molar-refractivity contribution >= 4 is 11.9 Å². The number of hydrogen-bond acceptors (Lipinski definition) is 5. The fourth-order valence-corrected chi connectivity index (χ4v) is 1.96. The van der Waals surface area contributed by atoms with E-state index >= 15 is 0 Å². The van der Waals surface area contributed by atoms with Gasteiger partial charge in [-0.15, -0.1) is 0 Å². The van der Waals surface area contributed by atoms with Crippen molar-refractivity contribution in [2.45, 2.75) is 6.23 Å². The summed E-state index contributed by atoms with van der Waals surface area (Å²) in [4.78, 5) is 27.3. The molecule has 3 rings (SSSR count). The second-order valence-electron chi connectivity index (χ2n) is 4.21.